The average Bonchev–Trinajstić information content (AvgIpc) is 2.38. The summed E-state index contributed by atoms with van der Waals surface area (Å²) in [7, 11) is 0. The second kappa shape index (κ2) is 6.53. The third-order valence-electron chi connectivity index (χ3n) is 2.37. The molecule has 1 unspecified atom stereocenters. The molecule has 0 heterocycles. The van der Waals surface area contributed by atoms with Crippen molar-refractivity contribution in [3.63, 3.8) is 0 Å². The van der Waals surface area contributed by atoms with Gasteiger partial charge in [-0.1, -0.05) is 12.1 Å². The largest absolute Gasteiger partial charge is 0.409 e. The lowest BCUT2D eigenvalue weighted by molar-refractivity contribution is 0.250. The lowest BCUT2D eigenvalue weighted by atomic mass is 10.2. The number of benzene rings is 1. The van der Waals surface area contributed by atoms with Gasteiger partial charge < -0.3 is 21.6 Å². The second-order valence-electron chi connectivity index (χ2n) is 3.71. The third-order valence-corrected chi connectivity index (χ3v) is 2.37. The van der Waals surface area contributed by atoms with Gasteiger partial charge in [0.05, 0.1) is 11.7 Å². The molecule has 5 N–H and O–H groups in total. The minimum absolute atomic E-state index is 0.169. The Morgan fingerprint density at radius 3 is 2.74 bits per heavy atom. The fourth-order valence-electron chi connectivity index (χ4n) is 1.36. The Kier molecular flexibility index (Phi) is 5.04. The van der Waals surface area contributed by atoms with E-state index in [0.717, 1.165) is 12.1 Å². The van der Waals surface area contributed by atoms with Gasteiger partial charge in [0.2, 0.25) is 0 Å². The molecule has 0 spiro atoms. The standard InChI is InChI=1S/C11H14F2N4O2/c1-2-8(10(14)17-19)15-11(18)16-9-4-3-6(12)5-7(9)13/h3-5,8,19H,2H2,1H3,(H2,14,17)(H2,15,16,18). The molecular weight excluding hydrogens is 258 g/mol. The zero-order valence-electron chi connectivity index (χ0n) is 10.2. The SMILES string of the molecule is CCC(NC(=O)Nc1ccc(F)cc1F)/C(N)=N/O. The lowest BCUT2D eigenvalue weighted by Gasteiger charge is -2.16. The van der Waals surface area contributed by atoms with Crippen LogP contribution in [-0.2, 0) is 0 Å². The van der Waals surface area contributed by atoms with Crippen LogP contribution in [0.1, 0.15) is 13.3 Å². The molecule has 19 heavy (non-hydrogen) atoms. The number of halogens is 2. The predicted octanol–water partition coefficient (Wildman–Crippen LogP) is 1.61. The number of carbonyl (C=O) groups excluding carboxylic acids is 1. The van der Waals surface area contributed by atoms with Crippen LogP contribution in [0.4, 0.5) is 19.3 Å². The van der Waals surface area contributed by atoms with E-state index in [0.29, 0.717) is 12.5 Å². The van der Waals surface area contributed by atoms with Crippen molar-refractivity contribution in [2.45, 2.75) is 19.4 Å². The quantitative estimate of drug-likeness (QED) is 0.290. The van der Waals surface area contributed by atoms with Crippen molar-refractivity contribution in [2.75, 3.05) is 5.32 Å². The van der Waals surface area contributed by atoms with Crippen LogP contribution in [0.5, 0.6) is 0 Å². The minimum atomic E-state index is -0.896. The highest BCUT2D eigenvalue weighted by Gasteiger charge is 2.15. The molecule has 0 aliphatic heterocycles. The van der Waals surface area contributed by atoms with E-state index >= 15 is 0 Å². The Morgan fingerprint density at radius 1 is 1.53 bits per heavy atom. The molecular formula is C11H14F2N4O2. The highest BCUT2D eigenvalue weighted by molar-refractivity contribution is 5.94. The third kappa shape index (κ3) is 4.09. The first-order valence-corrected chi connectivity index (χ1v) is 5.48. The molecule has 2 amide bonds. The molecule has 0 fully saturated rings. The molecule has 0 aliphatic rings. The molecule has 0 saturated heterocycles. The lowest BCUT2D eigenvalue weighted by Crippen LogP contribution is -2.45. The Morgan fingerprint density at radius 2 is 2.21 bits per heavy atom. The number of amidine groups is 1. The van der Waals surface area contributed by atoms with Crippen molar-refractivity contribution in [3.8, 4) is 0 Å². The Bertz CT molecular complexity index is 494. The van der Waals surface area contributed by atoms with Crippen molar-refractivity contribution in [1.82, 2.24) is 5.32 Å². The van der Waals surface area contributed by atoms with Gasteiger partial charge in [-0.25, -0.2) is 13.6 Å². The van der Waals surface area contributed by atoms with E-state index in [4.69, 9.17) is 10.9 Å². The zero-order valence-corrected chi connectivity index (χ0v) is 10.2. The van der Waals surface area contributed by atoms with Crippen LogP contribution < -0.4 is 16.4 Å². The van der Waals surface area contributed by atoms with Crippen molar-refractivity contribution >= 4 is 17.6 Å². The Hall–Kier alpha value is -2.38. The van der Waals surface area contributed by atoms with Crippen molar-refractivity contribution in [2.24, 2.45) is 10.9 Å². The maximum Gasteiger partial charge on any atom is 0.319 e. The zero-order chi connectivity index (χ0) is 14.4. The van der Waals surface area contributed by atoms with Gasteiger partial charge in [0.15, 0.2) is 5.84 Å². The van der Waals surface area contributed by atoms with E-state index in [9.17, 15) is 13.6 Å². The van der Waals surface area contributed by atoms with Crippen LogP contribution in [0.2, 0.25) is 0 Å². The van der Waals surface area contributed by atoms with Gasteiger partial charge in [-0.3, -0.25) is 0 Å². The maximum atomic E-state index is 13.3. The number of carbonyl (C=O) groups is 1. The summed E-state index contributed by atoms with van der Waals surface area (Å²) >= 11 is 0. The van der Waals surface area contributed by atoms with Crippen LogP contribution in [0.3, 0.4) is 0 Å². The summed E-state index contributed by atoms with van der Waals surface area (Å²) in [6.07, 6.45) is 0.384. The van der Waals surface area contributed by atoms with Gasteiger partial charge in [-0.05, 0) is 18.6 Å². The number of hydrogen-bond acceptors (Lipinski definition) is 3. The first-order chi connectivity index (χ1) is 8.97. The van der Waals surface area contributed by atoms with Gasteiger partial charge in [0.1, 0.15) is 11.6 Å². The Balaban J connectivity index is 2.69. The van der Waals surface area contributed by atoms with Gasteiger partial charge >= 0.3 is 6.03 Å². The minimum Gasteiger partial charge on any atom is -0.409 e. The summed E-state index contributed by atoms with van der Waals surface area (Å²) in [6.45, 7) is 1.71. The van der Waals surface area contributed by atoms with Crippen LogP contribution in [0.25, 0.3) is 0 Å². The van der Waals surface area contributed by atoms with E-state index < -0.39 is 23.7 Å². The molecule has 0 saturated carbocycles. The number of nitrogens with zero attached hydrogens (tertiary/aromatic N) is 1. The first kappa shape index (κ1) is 14.7. The predicted molar refractivity (Wildman–Crippen MR) is 66.0 cm³/mol. The fourth-order valence-corrected chi connectivity index (χ4v) is 1.36. The van der Waals surface area contributed by atoms with Gasteiger partial charge in [0.25, 0.3) is 0 Å². The highest BCUT2D eigenvalue weighted by atomic mass is 19.1. The maximum absolute atomic E-state index is 13.3. The summed E-state index contributed by atoms with van der Waals surface area (Å²) in [5.74, 6) is -1.81. The van der Waals surface area contributed by atoms with Crippen molar-refractivity contribution < 1.29 is 18.8 Å². The van der Waals surface area contributed by atoms with Crippen molar-refractivity contribution in [1.29, 1.82) is 0 Å². The summed E-state index contributed by atoms with van der Waals surface area (Å²) in [5.41, 5.74) is 5.18. The number of urea groups is 1. The molecule has 1 aromatic carbocycles. The van der Waals surface area contributed by atoms with Crippen LogP contribution in [0, 0.1) is 11.6 Å². The smallest absolute Gasteiger partial charge is 0.319 e. The molecule has 0 bridgehead atoms. The van der Waals surface area contributed by atoms with Crippen LogP contribution in [0.15, 0.2) is 23.4 Å². The normalized spacial score (nSPS) is 12.9. The number of nitrogens with one attached hydrogen (secondary N) is 2. The number of rotatable bonds is 4. The number of anilines is 1. The second-order valence-corrected chi connectivity index (χ2v) is 3.71. The van der Waals surface area contributed by atoms with Gasteiger partial charge in [-0.2, -0.15) is 0 Å². The van der Waals surface area contributed by atoms with Gasteiger partial charge in [0, 0.05) is 6.07 Å². The summed E-state index contributed by atoms with van der Waals surface area (Å²) in [4.78, 5) is 11.6. The fraction of sp³-hybridized carbons (Fsp3) is 0.273. The molecule has 0 radical (unpaired) electrons. The van der Waals surface area contributed by atoms with Crippen LogP contribution >= 0.6 is 0 Å². The molecule has 0 aromatic heterocycles. The molecule has 1 aromatic rings. The molecule has 1 atom stereocenters. The van der Waals surface area contributed by atoms with E-state index in [-0.39, 0.29) is 11.5 Å². The van der Waals surface area contributed by atoms with E-state index in [1.54, 1.807) is 6.92 Å². The number of hydrogen-bond donors (Lipinski definition) is 4. The van der Waals surface area contributed by atoms with Gasteiger partial charge in [-0.15, -0.1) is 0 Å². The monoisotopic (exact) mass is 272 g/mol. The summed E-state index contributed by atoms with van der Waals surface area (Å²) < 4.78 is 26.0. The molecule has 104 valence electrons. The number of amides is 2. The number of nitrogens with two attached hydrogens (primary N) is 1. The number of oxime groups is 1. The highest BCUT2D eigenvalue weighted by Crippen LogP contribution is 2.14. The van der Waals surface area contributed by atoms with E-state index in [2.05, 4.69) is 15.8 Å². The summed E-state index contributed by atoms with van der Waals surface area (Å²) in [5, 5.41) is 15.9. The van der Waals surface area contributed by atoms with Crippen molar-refractivity contribution in [3.05, 3.63) is 29.8 Å². The first-order valence-electron chi connectivity index (χ1n) is 5.48. The van der Waals surface area contributed by atoms with Crippen LogP contribution in [-0.4, -0.2) is 23.1 Å². The Labute approximate surface area is 108 Å². The molecule has 6 nitrogen and oxygen atoms in total. The van der Waals surface area contributed by atoms with E-state index in [1.165, 1.54) is 0 Å². The molecule has 8 heteroatoms. The summed E-state index contributed by atoms with van der Waals surface area (Å²) in [6, 6.07) is 1.32. The molecule has 1 rings (SSSR count). The topological polar surface area (TPSA) is 99.7 Å². The van der Waals surface area contributed by atoms with E-state index in [1.807, 2.05) is 0 Å². The average molecular weight is 272 g/mol. The molecule has 0 aliphatic carbocycles.